The summed E-state index contributed by atoms with van der Waals surface area (Å²) in [5, 5.41) is 24.9. The molecule has 134 valence electrons. The first-order valence-electron chi connectivity index (χ1n) is 8.47. The van der Waals surface area contributed by atoms with Gasteiger partial charge < -0.3 is 4.90 Å². The van der Waals surface area contributed by atoms with Gasteiger partial charge in [0.05, 0.1) is 4.92 Å². The van der Waals surface area contributed by atoms with Gasteiger partial charge in [-0.15, -0.1) is 0 Å². The Labute approximate surface area is 144 Å². The number of carbonyl (C=O) groups excluding carboxylic acids is 1. The molecule has 0 aromatic carbocycles. The highest BCUT2D eigenvalue weighted by Gasteiger charge is 2.34. The number of aromatic amines is 2. The lowest BCUT2D eigenvalue weighted by atomic mass is 9.96. The van der Waals surface area contributed by atoms with Crippen LogP contribution in [0.1, 0.15) is 60.4 Å². The first-order valence-corrected chi connectivity index (χ1v) is 8.47. The molecular formula is C15H21N7O3. The second-order valence-corrected chi connectivity index (χ2v) is 6.07. The van der Waals surface area contributed by atoms with Crippen molar-refractivity contribution in [2.45, 2.75) is 45.4 Å². The second-order valence-electron chi connectivity index (χ2n) is 6.07. The Hall–Kier alpha value is -2.78. The zero-order valence-electron chi connectivity index (χ0n) is 14.3. The van der Waals surface area contributed by atoms with Crippen molar-refractivity contribution >= 4 is 11.6 Å². The minimum absolute atomic E-state index is 0.105. The summed E-state index contributed by atoms with van der Waals surface area (Å²) in [4.78, 5) is 29.5. The molecule has 1 saturated heterocycles. The molecule has 0 bridgehead atoms. The largest absolute Gasteiger partial charge is 0.337 e. The summed E-state index contributed by atoms with van der Waals surface area (Å²) < 4.78 is 0. The summed E-state index contributed by atoms with van der Waals surface area (Å²) in [5.41, 5.74) is 0.0543. The van der Waals surface area contributed by atoms with Gasteiger partial charge in [-0.3, -0.25) is 25.1 Å². The van der Waals surface area contributed by atoms with E-state index in [1.807, 2.05) is 6.92 Å². The fourth-order valence-corrected chi connectivity index (χ4v) is 3.11. The third-order valence-corrected chi connectivity index (χ3v) is 4.58. The Bertz CT molecular complexity index is 774. The molecule has 3 heterocycles. The molecule has 10 heteroatoms. The van der Waals surface area contributed by atoms with Crippen molar-refractivity contribution in [3.63, 3.8) is 0 Å². The molecule has 25 heavy (non-hydrogen) atoms. The average Bonchev–Trinajstić information content (AvgIpc) is 3.27. The fraction of sp³-hybridized carbons (Fsp3) is 0.600. The maximum atomic E-state index is 12.6. The van der Waals surface area contributed by atoms with Crippen LogP contribution in [-0.4, -0.2) is 54.2 Å². The zero-order chi connectivity index (χ0) is 18.0. The predicted molar refractivity (Wildman–Crippen MR) is 88.3 cm³/mol. The number of likely N-dealkylation sites (tertiary alicyclic amines) is 1. The van der Waals surface area contributed by atoms with E-state index in [2.05, 4.69) is 25.4 Å². The van der Waals surface area contributed by atoms with Gasteiger partial charge in [0.1, 0.15) is 11.5 Å². The molecule has 0 saturated carbocycles. The van der Waals surface area contributed by atoms with E-state index in [0.29, 0.717) is 25.2 Å². The Kier molecular flexibility index (Phi) is 4.77. The number of aromatic nitrogens is 5. The number of piperidine rings is 1. The number of amides is 1. The van der Waals surface area contributed by atoms with Gasteiger partial charge in [-0.05, 0) is 19.3 Å². The van der Waals surface area contributed by atoms with E-state index in [-0.39, 0.29) is 17.3 Å². The normalized spacial score (nSPS) is 15.5. The molecule has 0 radical (unpaired) electrons. The number of rotatable bonds is 5. The highest BCUT2D eigenvalue weighted by atomic mass is 16.6. The molecule has 1 fully saturated rings. The molecule has 10 nitrogen and oxygen atoms in total. The number of H-pyrrole nitrogens is 2. The minimum Gasteiger partial charge on any atom is -0.337 e. The smallest absolute Gasteiger partial charge is 0.322 e. The molecule has 0 aliphatic carbocycles. The topological polar surface area (TPSA) is 134 Å². The summed E-state index contributed by atoms with van der Waals surface area (Å²) in [6, 6.07) is 0. The van der Waals surface area contributed by atoms with Crippen molar-refractivity contribution in [2.24, 2.45) is 0 Å². The van der Waals surface area contributed by atoms with Crippen LogP contribution in [0.2, 0.25) is 0 Å². The summed E-state index contributed by atoms with van der Waals surface area (Å²) in [7, 11) is 0. The van der Waals surface area contributed by atoms with Gasteiger partial charge in [-0.1, -0.05) is 13.8 Å². The molecule has 0 unspecified atom stereocenters. The van der Waals surface area contributed by atoms with Gasteiger partial charge in [0.15, 0.2) is 5.82 Å². The number of nitrogens with one attached hydrogen (secondary N) is 2. The maximum Gasteiger partial charge on any atom is 0.322 e. The quantitative estimate of drug-likeness (QED) is 0.623. The van der Waals surface area contributed by atoms with Gasteiger partial charge in [-0.2, -0.15) is 10.2 Å². The van der Waals surface area contributed by atoms with Crippen molar-refractivity contribution in [1.82, 2.24) is 30.3 Å². The van der Waals surface area contributed by atoms with Crippen LogP contribution in [-0.2, 0) is 12.8 Å². The molecule has 2 aromatic rings. The van der Waals surface area contributed by atoms with E-state index in [4.69, 9.17) is 0 Å². The summed E-state index contributed by atoms with van der Waals surface area (Å²) in [6.45, 7) is 4.80. The first kappa shape index (κ1) is 17.1. The third kappa shape index (κ3) is 3.24. The zero-order valence-corrected chi connectivity index (χ0v) is 14.3. The monoisotopic (exact) mass is 347 g/mol. The molecule has 1 aliphatic heterocycles. The number of carbonyl (C=O) groups is 1. The van der Waals surface area contributed by atoms with Gasteiger partial charge in [-0.25, -0.2) is 4.98 Å². The van der Waals surface area contributed by atoms with Crippen LogP contribution in [0.4, 0.5) is 5.69 Å². The van der Waals surface area contributed by atoms with E-state index in [1.165, 1.54) is 0 Å². The van der Waals surface area contributed by atoms with E-state index < -0.39 is 10.8 Å². The SMILES string of the molecule is CCc1nc(C2CCN(C(=O)c3n[nH]c(CC)c3[N+](=O)[O-])CC2)n[nH]1. The van der Waals surface area contributed by atoms with Gasteiger partial charge >= 0.3 is 5.69 Å². The predicted octanol–water partition coefficient (Wildman–Crippen LogP) is 1.58. The minimum atomic E-state index is -0.539. The van der Waals surface area contributed by atoms with Gasteiger partial charge in [0.25, 0.3) is 5.91 Å². The van der Waals surface area contributed by atoms with Crippen molar-refractivity contribution in [2.75, 3.05) is 13.1 Å². The Morgan fingerprint density at radius 3 is 2.52 bits per heavy atom. The van der Waals surface area contributed by atoms with Crippen LogP contribution in [0.5, 0.6) is 0 Å². The van der Waals surface area contributed by atoms with Gasteiger partial charge in [0.2, 0.25) is 5.69 Å². The number of nitro groups is 1. The standard InChI is InChI=1S/C15H21N7O3/c1-3-10-13(22(24)25)12(19-17-10)15(23)21-7-5-9(6-8-21)14-16-11(4-2)18-20-14/h9H,3-8H2,1-2H3,(H,17,19)(H,16,18,20). The number of nitrogens with zero attached hydrogens (tertiary/aromatic N) is 5. The van der Waals surface area contributed by atoms with E-state index in [0.717, 1.165) is 30.9 Å². The Morgan fingerprint density at radius 1 is 1.24 bits per heavy atom. The lowest BCUT2D eigenvalue weighted by Gasteiger charge is -2.30. The number of hydrogen-bond donors (Lipinski definition) is 2. The van der Waals surface area contributed by atoms with Crippen molar-refractivity contribution in [3.8, 4) is 0 Å². The van der Waals surface area contributed by atoms with Crippen LogP contribution in [0.25, 0.3) is 0 Å². The van der Waals surface area contributed by atoms with Crippen LogP contribution < -0.4 is 0 Å². The van der Waals surface area contributed by atoms with Crippen LogP contribution in [0.3, 0.4) is 0 Å². The third-order valence-electron chi connectivity index (χ3n) is 4.58. The molecule has 0 spiro atoms. The highest BCUT2D eigenvalue weighted by molar-refractivity contribution is 5.96. The average molecular weight is 347 g/mol. The molecule has 2 aromatic heterocycles. The Balaban J connectivity index is 1.70. The van der Waals surface area contributed by atoms with Crippen molar-refractivity contribution in [1.29, 1.82) is 0 Å². The van der Waals surface area contributed by atoms with Crippen molar-refractivity contribution in [3.05, 3.63) is 33.2 Å². The van der Waals surface area contributed by atoms with E-state index >= 15 is 0 Å². The number of aryl methyl sites for hydroxylation is 2. The fourth-order valence-electron chi connectivity index (χ4n) is 3.11. The molecular weight excluding hydrogens is 326 g/mol. The maximum absolute atomic E-state index is 12.6. The highest BCUT2D eigenvalue weighted by Crippen LogP contribution is 2.28. The van der Waals surface area contributed by atoms with Crippen LogP contribution >= 0.6 is 0 Å². The lowest BCUT2D eigenvalue weighted by molar-refractivity contribution is -0.385. The molecule has 1 amide bonds. The second kappa shape index (κ2) is 6.99. The summed E-state index contributed by atoms with van der Waals surface area (Å²) >= 11 is 0. The molecule has 3 rings (SSSR count). The van der Waals surface area contributed by atoms with Crippen LogP contribution in [0, 0.1) is 10.1 Å². The molecule has 0 atom stereocenters. The molecule has 1 aliphatic rings. The van der Waals surface area contributed by atoms with Gasteiger partial charge in [0, 0.05) is 25.4 Å². The Morgan fingerprint density at radius 2 is 1.96 bits per heavy atom. The van der Waals surface area contributed by atoms with E-state index in [9.17, 15) is 14.9 Å². The molecule has 2 N–H and O–H groups in total. The summed E-state index contributed by atoms with van der Waals surface area (Å²) in [6.07, 6.45) is 2.67. The number of hydrogen-bond acceptors (Lipinski definition) is 6. The van der Waals surface area contributed by atoms with E-state index in [1.54, 1.807) is 11.8 Å². The van der Waals surface area contributed by atoms with Crippen molar-refractivity contribution < 1.29 is 9.72 Å². The first-order chi connectivity index (χ1) is 12.0. The summed E-state index contributed by atoms with van der Waals surface area (Å²) in [5.74, 6) is 1.43. The lowest BCUT2D eigenvalue weighted by Crippen LogP contribution is -2.38. The van der Waals surface area contributed by atoms with Crippen LogP contribution in [0.15, 0.2) is 0 Å².